The van der Waals surface area contributed by atoms with E-state index in [0.29, 0.717) is 12.5 Å². The molecule has 1 aliphatic carbocycles. The third-order valence-electron chi connectivity index (χ3n) is 3.47. The van der Waals surface area contributed by atoms with Crippen molar-refractivity contribution in [3.05, 3.63) is 0 Å². The van der Waals surface area contributed by atoms with E-state index in [1.54, 1.807) is 0 Å². The Bertz CT molecular complexity index is 302. The van der Waals surface area contributed by atoms with Crippen LogP contribution in [0.2, 0.25) is 0 Å². The average Bonchev–Trinajstić information content (AvgIpc) is 2.15. The highest BCUT2D eigenvalue weighted by atomic mass is 35.7. The molecule has 0 unspecified atom stereocenters. The summed E-state index contributed by atoms with van der Waals surface area (Å²) < 4.78 is 24.2. The number of rotatable bonds is 1. The Labute approximate surface area is 90.0 Å². The molecule has 14 heavy (non-hydrogen) atoms. The van der Waals surface area contributed by atoms with Gasteiger partial charge in [-0.25, -0.2) is 0 Å². The van der Waals surface area contributed by atoms with E-state index in [2.05, 4.69) is 0 Å². The van der Waals surface area contributed by atoms with Crippen LogP contribution in [0.5, 0.6) is 0 Å². The van der Waals surface area contributed by atoms with Crippen molar-refractivity contribution in [3.63, 3.8) is 0 Å². The molecule has 2 atom stereocenters. The highest BCUT2D eigenvalue weighted by Crippen LogP contribution is 2.37. The van der Waals surface area contributed by atoms with Crippen LogP contribution in [0.1, 0.15) is 38.5 Å². The van der Waals surface area contributed by atoms with Crippen molar-refractivity contribution in [1.29, 1.82) is 0 Å². The number of hydrogen-bond acceptors (Lipinski definition) is 2. The lowest BCUT2D eigenvalue weighted by Gasteiger charge is -2.41. The van der Waals surface area contributed by atoms with Crippen LogP contribution in [0, 0.1) is 5.92 Å². The van der Waals surface area contributed by atoms with Gasteiger partial charge in [0.05, 0.1) is 0 Å². The molecule has 1 aliphatic heterocycles. The van der Waals surface area contributed by atoms with Crippen molar-refractivity contribution in [2.45, 2.75) is 44.6 Å². The fourth-order valence-corrected chi connectivity index (χ4v) is 4.31. The molecule has 2 aliphatic rings. The topological polar surface area (TPSA) is 37.4 Å². The van der Waals surface area contributed by atoms with E-state index in [1.807, 2.05) is 0 Å². The first-order chi connectivity index (χ1) is 6.59. The maximum Gasteiger partial charge on any atom is 0.300 e. The second-order valence-corrected chi connectivity index (χ2v) is 6.77. The summed E-state index contributed by atoms with van der Waals surface area (Å²) >= 11 is 0. The largest absolute Gasteiger partial charge is 0.300 e. The number of fused-ring (bicyclic) bond motifs is 1. The van der Waals surface area contributed by atoms with Crippen LogP contribution in [0.4, 0.5) is 0 Å². The van der Waals surface area contributed by atoms with Crippen molar-refractivity contribution in [3.8, 4) is 0 Å². The van der Waals surface area contributed by atoms with E-state index in [9.17, 15) is 8.42 Å². The summed E-state index contributed by atoms with van der Waals surface area (Å²) in [6.45, 7) is 0.618. The van der Waals surface area contributed by atoms with Crippen LogP contribution >= 0.6 is 10.7 Å². The summed E-state index contributed by atoms with van der Waals surface area (Å²) in [5.74, 6) is 0.561. The third kappa shape index (κ3) is 2.07. The predicted molar refractivity (Wildman–Crippen MR) is 56.5 cm³/mol. The van der Waals surface area contributed by atoms with E-state index < -0.39 is 9.24 Å². The molecular weight excluding hydrogens is 222 g/mol. The Hall–Kier alpha value is 0.200. The Balaban J connectivity index is 2.17. The van der Waals surface area contributed by atoms with Gasteiger partial charge in [-0.1, -0.05) is 12.8 Å². The maximum atomic E-state index is 11.3. The number of piperidine rings is 1. The summed E-state index contributed by atoms with van der Waals surface area (Å²) in [7, 11) is 1.94. The average molecular weight is 238 g/mol. The fourth-order valence-electron chi connectivity index (χ4n) is 2.85. The lowest BCUT2D eigenvalue weighted by Crippen LogP contribution is -2.47. The van der Waals surface area contributed by atoms with Gasteiger partial charge < -0.3 is 0 Å². The van der Waals surface area contributed by atoms with Crippen molar-refractivity contribution >= 4 is 19.9 Å². The second-order valence-electron chi connectivity index (χ2n) is 4.31. The van der Waals surface area contributed by atoms with E-state index in [-0.39, 0.29) is 6.04 Å². The first kappa shape index (κ1) is 10.7. The fraction of sp³-hybridized carbons (Fsp3) is 1.00. The van der Waals surface area contributed by atoms with Crippen LogP contribution in [-0.2, 0) is 9.24 Å². The van der Waals surface area contributed by atoms with Crippen LogP contribution < -0.4 is 0 Å². The van der Waals surface area contributed by atoms with E-state index in [4.69, 9.17) is 10.7 Å². The molecule has 1 saturated carbocycles. The Kier molecular flexibility index (Phi) is 3.05. The summed E-state index contributed by atoms with van der Waals surface area (Å²) in [5.41, 5.74) is 0. The standard InChI is InChI=1S/C9H16ClNO2S/c10-14(12,13)11-7-3-5-8-4-1-2-6-9(8)11/h8-9H,1-7H2/t8-,9+/m1/s1. The SMILES string of the molecule is O=S(=O)(Cl)N1CCC[C@H]2CCCC[C@@H]21. The molecular formula is C9H16ClNO2S. The molecule has 2 rings (SSSR count). The molecule has 0 aromatic rings. The monoisotopic (exact) mass is 237 g/mol. The Morgan fingerprint density at radius 3 is 2.43 bits per heavy atom. The zero-order valence-corrected chi connectivity index (χ0v) is 9.73. The van der Waals surface area contributed by atoms with Gasteiger partial charge >= 0.3 is 0 Å². The smallest absolute Gasteiger partial charge is 0.195 e. The van der Waals surface area contributed by atoms with Gasteiger partial charge in [0.15, 0.2) is 0 Å². The maximum absolute atomic E-state index is 11.3. The molecule has 0 radical (unpaired) electrons. The molecule has 0 amide bonds. The molecule has 82 valence electrons. The van der Waals surface area contributed by atoms with Gasteiger partial charge in [-0.15, -0.1) is 0 Å². The highest BCUT2D eigenvalue weighted by Gasteiger charge is 2.38. The molecule has 3 nitrogen and oxygen atoms in total. The van der Waals surface area contributed by atoms with Crippen molar-refractivity contribution in [2.24, 2.45) is 5.92 Å². The molecule has 1 saturated heterocycles. The van der Waals surface area contributed by atoms with Gasteiger partial charge in [-0.2, -0.15) is 12.7 Å². The molecule has 1 heterocycles. The van der Waals surface area contributed by atoms with E-state index >= 15 is 0 Å². The number of nitrogens with zero attached hydrogens (tertiary/aromatic N) is 1. The van der Waals surface area contributed by atoms with Gasteiger partial charge in [0, 0.05) is 23.3 Å². The van der Waals surface area contributed by atoms with Crippen LogP contribution in [-0.4, -0.2) is 25.3 Å². The quantitative estimate of drug-likeness (QED) is 0.656. The summed E-state index contributed by atoms with van der Waals surface area (Å²) in [4.78, 5) is 0. The summed E-state index contributed by atoms with van der Waals surface area (Å²) in [5, 5.41) is 0. The van der Waals surface area contributed by atoms with Gasteiger partial charge in [-0.3, -0.25) is 0 Å². The molecule has 5 heteroatoms. The summed E-state index contributed by atoms with van der Waals surface area (Å²) in [6.07, 6.45) is 6.70. The Morgan fingerprint density at radius 1 is 1.07 bits per heavy atom. The first-order valence-electron chi connectivity index (χ1n) is 5.30. The molecule has 0 N–H and O–H groups in total. The minimum absolute atomic E-state index is 0.194. The van der Waals surface area contributed by atoms with E-state index in [0.717, 1.165) is 19.3 Å². The third-order valence-corrected chi connectivity index (χ3v) is 5.02. The lowest BCUT2D eigenvalue weighted by atomic mass is 9.79. The van der Waals surface area contributed by atoms with Gasteiger partial charge in [-0.05, 0) is 31.6 Å². The van der Waals surface area contributed by atoms with Crippen molar-refractivity contribution in [2.75, 3.05) is 6.54 Å². The lowest BCUT2D eigenvalue weighted by molar-refractivity contribution is 0.131. The van der Waals surface area contributed by atoms with Crippen molar-refractivity contribution < 1.29 is 8.42 Å². The second kappa shape index (κ2) is 3.99. The predicted octanol–water partition coefficient (Wildman–Crippen LogP) is 2.12. The van der Waals surface area contributed by atoms with Crippen LogP contribution in [0.25, 0.3) is 0 Å². The highest BCUT2D eigenvalue weighted by molar-refractivity contribution is 8.11. The molecule has 0 aromatic carbocycles. The van der Waals surface area contributed by atoms with Gasteiger partial charge in [0.2, 0.25) is 0 Å². The normalized spacial score (nSPS) is 35.2. The summed E-state index contributed by atoms with van der Waals surface area (Å²) in [6, 6.07) is 0.194. The van der Waals surface area contributed by atoms with Crippen LogP contribution in [0.3, 0.4) is 0 Å². The molecule has 0 bridgehead atoms. The molecule has 2 fully saturated rings. The number of halogens is 1. The van der Waals surface area contributed by atoms with Gasteiger partial charge in [0.1, 0.15) is 0 Å². The van der Waals surface area contributed by atoms with Crippen molar-refractivity contribution in [1.82, 2.24) is 4.31 Å². The minimum atomic E-state index is -3.49. The number of hydrogen-bond donors (Lipinski definition) is 0. The molecule has 0 spiro atoms. The van der Waals surface area contributed by atoms with E-state index in [1.165, 1.54) is 23.6 Å². The minimum Gasteiger partial charge on any atom is -0.195 e. The molecule has 0 aromatic heterocycles. The van der Waals surface area contributed by atoms with Gasteiger partial charge in [0.25, 0.3) is 9.24 Å². The zero-order chi connectivity index (χ0) is 10.2. The first-order valence-corrected chi connectivity index (χ1v) is 7.57. The van der Waals surface area contributed by atoms with Crippen LogP contribution in [0.15, 0.2) is 0 Å². The zero-order valence-electron chi connectivity index (χ0n) is 8.15. The Morgan fingerprint density at radius 2 is 1.71 bits per heavy atom.